The molecule has 6 heteroatoms. The Hall–Kier alpha value is -1.30. The number of carboxylic acid groups (broad SMARTS) is 1. The summed E-state index contributed by atoms with van der Waals surface area (Å²) < 4.78 is 0. The molecule has 1 saturated carbocycles. The Morgan fingerprint density at radius 1 is 1.38 bits per heavy atom. The lowest BCUT2D eigenvalue weighted by atomic mass is 10.0. The van der Waals surface area contributed by atoms with Crippen molar-refractivity contribution in [3.63, 3.8) is 0 Å². The Morgan fingerprint density at radius 3 is 2.43 bits per heavy atom. The molecule has 0 radical (unpaired) electrons. The number of carbonyl (C=O) groups excluding carboxylic acids is 2. The van der Waals surface area contributed by atoms with E-state index in [1.165, 1.54) is 11.8 Å². The third-order valence-electron chi connectivity index (χ3n) is 3.70. The summed E-state index contributed by atoms with van der Waals surface area (Å²) in [6.45, 7) is 4.54. The number of nitrogens with zero attached hydrogens (tertiary/aromatic N) is 1. The first-order chi connectivity index (χ1) is 9.86. The number of amides is 1. The average molecular weight is 311 g/mol. The highest BCUT2D eigenvalue weighted by Gasteiger charge is 2.45. The van der Waals surface area contributed by atoms with Gasteiger partial charge in [0, 0.05) is 23.6 Å². The molecule has 1 amide bonds. The summed E-state index contributed by atoms with van der Waals surface area (Å²) in [5.74, 6) is -1.11. The van der Waals surface area contributed by atoms with E-state index in [1.807, 2.05) is 20.1 Å². The van der Waals surface area contributed by atoms with E-state index in [9.17, 15) is 14.4 Å². The SMILES string of the molecule is CS[C@@H]1C(C(=O)C2CC2)=C(CC(=O)O)C(=O)N1CC(C)C. The van der Waals surface area contributed by atoms with E-state index in [-0.39, 0.29) is 40.9 Å². The van der Waals surface area contributed by atoms with Gasteiger partial charge in [-0.1, -0.05) is 13.8 Å². The first-order valence-electron chi connectivity index (χ1n) is 7.19. The summed E-state index contributed by atoms with van der Waals surface area (Å²) in [5.41, 5.74) is 0.637. The van der Waals surface area contributed by atoms with Crippen LogP contribution in [0.15, 0.2) is 11.1 Å². The molecule has 0 aromatic rings. The van der Waals surface area contributed by atoms with Gasteiger partial charge in [-0.15, -0.1) is 11.8 Å². The van der Waals surface area contributed by atoms with E-state index in [0.29, 0.717) is 12.1 Å². The minimum Gasteiger partial charge on any atom is -0.481 e. The van der Waals surface area contributed by atoms with Crippen LogP contribution in [-0.2, 0) is 14.4 Å². The molecule has 1 N–H and O–H groups in total. The second kappa shape index (κ2) is 6.22. The number of rotatable bonds is 7. The number of carbonyl (C=O) groups is 3. The molecule has 0 aromatic carbocycles. The van der Waals surface area contributed by atoms with Crippen molar-refractivity contribution in [2.75, 3.05) is 12.8 Å². The highest BCUT2D eigenvalue weighted by Crippen LogP contribution is 2.41. The first-order valence-corrected chi connectivity index (χ1v) is 8.48. The summed E-state index contributed by atoms with van der Waals surface area (Å²) in [5, 5.41) is 8.72. The number of hydrogen-bond acceptors (Lipinski definition) is 4. The molecule has 1 aliphatic carbocycles. The quantitative estimate of drug-likeness (QED) is 0.777. The lowest BCUT2D eigenvalue weighted by Gasteiger charge is -2.27. The molecule has 2 rings (SSSR count). The van der Waals surface area contributed by atoms with E-state index in [0.717, 1.165) is 12.8 Å². The second-order valence-electron chi connectivity index (χ2n) is 6.04. The molecular formula is C15H21NO4S. The summed E-state index contributed by atoms with van der Waals surface area (Å²) >= 11 is 1.43. The monoisotopic (exact) mass is 311 g/mol. The van der Waals surface area contributed by atoms with Crippen molar-refractivity contribution in [3.05, 3.63) is 11.1 Å². The predicted molar refractivity (Wildman–Crippen MR) is 80.9 cm³/mol. The minimum atomic E-state index is -1.06. The second-order valence-corrected chi connectivity index (χ2v) is 6.96. The highest BCUT2D eigenvalue weighted by atomic mass is 32.2. The Labute approximate surface area is 128 Å². The highest BCUT2D eigenvalue weighted by molar-refractivity contribution is 7.99. The van der Waals surface area contributed by atoms with Crippen molar-refractivity contribution < 1.29 is 19.5 Å². The van der Waals surface area contributed by atoms with Crippen LogP contribution in [0.3, 0.4) is 0 Å². The van der Waals surface area contributed by atoms with Crippen LogP contribution in [0.5, 0.6) is 0 Å². The number of thioether (sulfide) groups is 1. The van der Waals surface area contributed by atoms with Crippen LogP contribution < -0.4 is 0 Å². The number of hydrogen-bond donors (Lipinski definition) is 1. The number of carboxylic acids is 1. The number of ketones is 1. The van der Waals surface area contributed by atoms with Crippen LogP contribution in [-0.4, -0.2) is 45.8 Å². The summed E-state index contributed by atoms with van der Waals surface area (Å²) in [6.07, 6.45) is 3.19. The average Bonchev–Trinajstić information content (AvgIpc) is 3.19. The zero-order valence-electron chi connectivity index (χ0n) is 12.6. The van der Waals surface area contributed by atoms with Crippen molar-refractivity contribution in [1.82, 2.24) is 4.90 Å². The van der Waals surface area contributed by atoms with E-state index in [1.54, 1.807) is 4.90 Å². The van der Waals surface area contributed by atoms with Crippen LogP contribution in [0.4, 0.5) is 0 Å². The summed E-state index contributed by atoms with van der Waals surface area (Å²) in [4.78, 5) is 37.8. The molecule has 2 aliphatic rings. The van der Waals surface area contributed by atoms with E-state index >= 15 is 0 Å². The van der Waals surface area contributed by atoms with Gasteiger partial charge < -0.3 is 10.0 Å². The van der Waals surface area contributed by atoms with Gasteiger partial charge in [-0.05, 0) is 25.0 Å². The lowest BCUT2D eigenvalue weighted by Crippen LogP contribution is -2.37. The Kier molecular flexibility index (Phi) is 4.76. The maximum Gasteiger partial charge on any atom is 0.308 e. The fourth-order valence-electron chi connectivity index (χ4n) is 2.67. The van der Waals surface area contributed by atoms with E-state index < -0.39 is 5.97 Å². The maximum atomic E-state index is 12.5. The molecule has 21 heavy (non-hydrogen) atoms. The van der Waals surface area contributed by atoms with Gasteiger partial charge in [-0.2, -0.15) is 0 Å². The lowest BCUT2D eigenvalue weighted by molar-refractivity contribution is -0.137. The standard InChI is InChI=1S/C15H21NO4S/c1-8(2)7-16-14(20)10(6-11(17)18)12(15(16)21-3)13(19)9-4-5-9/h8-9,15H,4-7H2,1-3H3,(H,17,18)/t15-/m1/s1. The van der Waals surface area contributed by atoms with Gasteiger partial charge >= 0.3 is 5.97 Å². The van der Waals surface area contributed by atoms with Crippen molar-refractivity contribution in [3.8, 4) is 0 Å². The van der Waals surface area contributed by atoms with Gasteiger partial charge in [0.05, 0.1) is 6.42 Å². The molecule has 0 bridgehead atoms. The molecule has 1 atom stereocenters. The number of aliphatic carboxylic acids is 1. The number of Topliss-reactive ketones (excluding diaryl/α,β-unsaturated/α-hetero) is 1. The van der Waals surface area contributed by atoms with Gasteiger partial charge in [-0.25, -0.2) is 0 Å². The molecule has 1 heterocycles. The molecule has 0 saturated heterocycles. The van der Waals surface area contributed by atoms with Gasteiger partial charge in [0.1, 0.15) is 5.37 Å². The summed E-state index contributed by atoms with van der Waals surface area (Å²) in [6, 6.07) is 0. The van der Waals surface area contributed by atoms with Crippen molar-refractivity contribution >= 4 is 29.4 Å². The molecular weight excluding hydrogens is 290 g/mol. The smallest absolute Gasteiger partial charge is 0.308 e. The summed E-state index contributed by atoms with van der Waals surface area (Å²) in [7, 11) is 0. The first kappa shape index (κ1) is 16.1. The van der Waals surface area contributed by atoms with Crippen LogP contribution >= 0.6 is 11.8 Å². The van der Waals surface area contributed by atoms with Crippen LogP contribution in [0.25, 0.3) is 0 Å². The topological polar surface area (TPSA) is 74.7 Å². The zero-order chi connectivity index (χ0) is 15.7. The largest absolute Gasteiger partial charge is 0.481 e. The molecule has 116 valence electrons. The van der Waals surface area contributed by atoms with E-state index in [2.05, 4.69) is 0 Å². The fraction of sp³-hybridized carbons (Fsp3) is 0.667. The van der Waals surface area contributed by atoms with E-state index in [4.69, 9.17) is 5.11 Å². The zero-order valence-corrected chi connectivity index (χ0v) is 13.4. The molecule has 1 fully saturated rings. The van der Waals surface area contributed by atoms with Gasteiger partial charge in [0.25, 0.3) is 5.91 Å². The maximum absolute atomic E-state index is 12.5. The normalized spacial score (nSPS) is 22.4. The molecule has 0 aromatic heterocycles. The third kappa shape index (κ3) is 3.31. The third-order valence-corrected chi connectivity index (χ3v) is 4.64. The Bertz CT molecular complexity index is 508. The minimum absolute atomic E-state index is 0.00903. The van der Waals surface area contributed by atoms with Gasteiger partial charge in [0.15, 0.2) is 5.78 Å². The van der Waals surface area contributed by atoms with Crippen molar-refractivity contribution in [2.24, 2.45) is 11.8 Å². The molecule has 0 spiro atoms. The molecule has 5 nitrogen and oxygen atoms in total. The van der Waals surface area contributed by atoms with Crippen molar-refractivity contribution in [1.29, 1.82) is 0 Å². The van der Waals surface area contributed by atoms with Crippen LogP contribution in [0.2, 0.25) is 0 Å². The Morgan fingerprint density at radius 2 is 2.00 bits per heavy atom. The Balaban J connectivity index is 2.38. The molecule has 0 unspecified atom stereocenters. The van der Waals surface area contributed by atoms with Crippen LogP contribution in [0, 0.1) is 11.8 Å². The predicted octanol–water partition coefficient (Wildman–Crippen LogP) is 1.92. The van der Waals surface area contributed by atoms with Crippen molar-refractivity contribution in [2.45, 2.75) is 38.5 Å². The molecule has 1 aliphatic heterocycles. The van der Waals surface area contributed by atoms with Gasteiger partial charge in [0.2, 0.25) is 0 Å². The van der Waals surface area contributed by atoms with Gasteiger partial charge in [-0.3, -0.25) is 14.4 Å². The van der Waals surface area contributed by atoms with Crippen LogP contribution in [0.1, 0.15) is 33.1 Å². The fourth-order valence-corrected chi connectivity index (χ4v) is 3.61.